The zero-order valence-electron chi connectivity index (χ0n) is 20.7. The number of carbonyl (C=O) groups is 1. The summed E-state index contributed by atoms with van der Waals surface area (Å²) in [4.78, 5) is 44.0. The van der Waals surface area contributed by atoms with Crippen molar-refractivity contribution in [2.75, 3.05) is 17.2 Å². The van der Waals surface area contributed by atoms with Crippen molar-refractivity contribution in [3.8, 4) is 5.69 Å². The fourth-order valence-electron chi connectivity index (χ4n) is 3.86. The Balaban J connectivity index is 2.12. The molecule has 0 radical (unpaired) electrons. The summed E-state index contributed by atoms with van der Waals surface area (Å²) >= 11 is 0. The molecule has 1 aromatic carbocycles. The van der Waals surface area contributed by atoms with Crippen LogP contribution in [0.25, 0.3) is 5.69 Å². The van der Waals surface area contributed by atoms with Gasteiger partial charge < -0.3 is 5.73 Å². The first-order valence-corrected chi connectivity index (χ1v) is 11.5. The topological polar surface area (TPSA) is 132 Å². The maximum Gasteiger partial charge on any atom is 0.330 e. The van der Waals surface area contributed by atoms with E-state index in [0.29, 0.717) is 18.7 Å². The molecule has 0 fully saturated rings. The molecule has 0 saturated heterocycles. The molecule has 0 bridgehead atoms. The van der Waals surface area contributed by atoms with Crippen molar-refractivity contribution < 1.29 is 4.79 Å². The maximum absolute atomic E-state index is 13.7. The van der Waals surface area contributed by atoms with E-state index in [0.717, 1.165) is 23.2 Å². The highest BCUT2D eigenvalue weighted by atomic mass is 16.2. The number of aromatic amines is 1. The minimum absolute atomic E-state index is 0.0358. The lowest BCUT2D eigenvalue weighted by molar-refractivity contribution is 0.0980. The molecule has 34 heavy (non-hydrogen) atoms. The number of nitrogens with two attached hydrogens (primary N) is 1. The lowest BCUT2D eigenvalue weighted by Gasteiger charge is -2.24. The molecule has 3 aromatic rings. The summed E-state index contributed by atoms with van der Waals surface area (Å²) in [6, 6.07) is 5.87. The van der Waals surface area contributed by atoms with Crippen LogP contribution in [0.15, 0.2) is 27.8 Å². The summed E-state index contributed by atoms with van der Waals surface area (Å²) in [6.45, 7) is 12.1. The number of rotatable bonds is 8. The van der Waals surface area contributed by atoms with E-state index in [1.807, 2.05) is 52.8 Å². The molecule has 2 aromatic heterocycles. The number of amides is 1. The van der Waals surface area contributed by atoms with E-state index >= 15 is 0 Å². The Morgan fingerprint density at radius 2 is 1.88 bits per heavy atom. The van der Waals surface area contributed by atoms with E-state index in [-0.39, 0.29) is 29.7 Å². The van der Waals surface area contributed by atoms with Crippen molar-refractivity contribution >= 4 is 17.4 Å². The predicted octanol–water partition coefficient (Wildman–Crippen LogP) is 2.73. The molecule has 10 nitrogen and oxygen atoms in total. The van der Waals surface area contributed by atoms with Crippen molar-refractivity contribution in [2.24, 2.45) is 5.92 Å². The molecule has 0 atom stereocenters. The van der Waals surface area contributed by atoms with Crippen molar-refractivity contribution in [1.29, 1.82) is 0 Å². The molecule has 3 N–H and O–H groups in total. The first kappa shape index (κ1) is 24.9. The minimum Gasteiger partial charge on any atom is -0.383 e. The Bertz CT molecular complexity index is 1320. The van der Waals surface area contributed by atoms with Gasteiger partial charge in [-0.25, -0.2) is 4.79 Å². The van der Waals surface area contributed by atoms with Gasteiger partial charge in [-0.05, 0) is 44.7 Å². The number of unbranched alkanes of at least 4 members (excludes halogenated alkanes) is 1. The Morgan fingerprint density at radius 1 is 1.18 bits per heavy atom. The van der Waals surface area contributed by atoms with Crippen LogP contribution in [-0.2, 0) is 6.54 Å². The molecule has 10 heteroatoms. The Labute approximate surface area is 198 Å². The van der Waals surface area contributed by atoms with Crippen molar-refractivity contribution in [2.45, 2.75) is 60.9 Å². The van der Waals surface area contributed by atoms with E-state index in [1.54, 1.807) is 6.92 Å². The number of H-pyrrole nitrogens is 1. The van der Waals surface area contributed by atoms with E-state index in [4.69, 9.17) is 5.73 Å². The summed E-state index contributed by atoms with van der Waals surface area (Å²) in [5, 5.41) is 8.92. The highest BCUT2D eigenvalue weighted by Crippen LogP contribution is 2.22. The molecule has 0 aliphatic heterocycles. The van der Waals surface area contributed by atoms with Gasteiger partial charge in [-0.3, -0.25) is 24.0 Å². The molecule has 0 aliphatic rings. The average Bonchev–Trinajstić information content (AvgIpc) is 3.14. The number of hydrogen-bond acceptors (Lipinski definition) is 6. The van der Waals surface area contributed by atoms with Crippen molar-refractivity contribution in [3.05, 3.63) is 61.6 Å². The predicted molar refractivity (Wildman–Crippen MR) is 133 cm³/mol. The molecule has 0 unspecified atom stereocenters. The van der Waals surface area contributed by atoms with Crippen LogP contribution < -0.4 is 21.9 Å². The zero-order chi connectivity index (χ0) is 25.2. The Kier molecular flexibility index (Phi) is 7.38. The highest BCUT2D eigenvalue weighted by Gasteiger charge is 2.29. The number of benzene rings is 1. The third kappa shape index (κ3) is 4.95. The first-order valence-electron chi connectivity index (χ1n) is 11.5. The van der Waals surface area contributed by atoms with E-state index in [9.17, 15) is 14.4 Å². The fraction of sp³-hybridized carbons (Fsp3) is 0.458. The molecule has 0 spiro atoms. The van der Waals surface area contributed by atoms with Crippen molar-refractivity contribution in [1.82, 2.24) is 24.5 Å². The van der Waals surface area contributed by atoms with Crippen LogP contribution in [0.3, 0.4) is 0 Å². The number of hydrogen-bond donors (Lipinski definition) is 2. The summed E-state index contributed by atoms with van der Waals surface area (Å²) in [7, 11) is 0. The van der Waals surface area contributed by atoms with Gasteiger partial charge in [0.1, 0.15) is 5.82 Å². The lowest BCUT2D eigenvalue weighted by atomic mass is 10.1. The van der Waals surface area contributed by atoms with Crippen LogP contribution in [-0.4, -0.2) is 37.0 Å². The number of aromatic nitrogens is 5. The number of anilines is 2. The third-order valence-corrected chi connectivity index (χ3v) is 5.56. The molecular weight excluding hydrogens is 434 g/mol. The first-order chi connectivity index (χ1) is 16.0. The second-order valence-corrected chi connectivity index (χ2v) is 9.02. The summed E-state index contributed by atoms with van der Waals surface area (Å²) in [6.07, 6.45) is 1.43. The molecule has 0 aliphatic carbocycles. The van der Waals surface area contributed by atoms with Crippen LogP contribution in [0.1, 0.15) is 60.9 Å². The zero-order valence-corrected chi connectivity index (χ0v) is 20.7. The van der Waals surface area contributed by atoms with Gasteiger partial charge >= 0.3 is 5.69 Å². The smallest absolute Gasteiger partial charge is 0.330 e. The molecule has 2 heterocycles. The van der Waals surface area contributed by atoms with Crippen molar-refractivity contribution in [3.63, 3.8) is 0 Å². The summed E-state index contributed by atoms with van der Waals surface area (Å²) in [5.41, 5.74) is 8.35. The Hall–Kier alpha value is -3.69. The molecule has 182 valence electrons. The van der Waals surface area contributed by atoms with Gasteiger partial charge in [-0.1, -0.05) is 44.9 Å². The number of carbonyl (C=O) groups excluding carboxylic acids is 1. The van der Waals surface area contributed by atoms with Gasteiger partial charge in [-0.15, -0.1) is 5.10 Å². The molecular formula is C24H33N7O3. The fourth-order valence-corrected chi connectivity index (χ4v) is 3.86. The SMILES string of the molecule is CCCCN(C(=O)c1nn(-c2ccc(C)cc2C)nc1C)c1c(N)n(CC(C)C)c(=O)[nH]c1=O. The van der Waals surface area contributed by atoms with E-state index in [1.165, 1.54) is 14.3 Å². The van der Waals surface area contributed by atoms with Crippen LogP contribution >= 0.6 is 0 Å². The molecule has 1 amide bonds. The van der Waals surface area contributed by atoms with Gasteiger partial charge in [0.15, 0.2) is 11.4 Å². The second kappa shape index (κ2) is 10.1. The summed E-state index contributed by atoms with van der Waals surface area (Å²) in [5.74, 6) is -0.418. The summed E-state index contributed by atoms with van der Waals surface area (Å²) < 4.78 is 1.30. The number of nitrogens with one attached hydrogen (secondary N) is 1. The standard InChI is InChI=1S/C24H33N7O3/c1-7-8-11-29(20-21(25)30(13-14(2)3)24(34)26-22(20)32)23(33)19-17(6)27-31(28-19)18-10-9-15(4)12-16(18)5/h9-10,12,14H,7-8,11,13,25H2,1-6H3,(H,26,32,34). The normalized spacial score (nSPS) is 11.3. The largest absolute Gasteiger partial charge is 0.383 e. The minimum atomic E-state index is -0.702. The highest BCUT2D eigenvalue weighted by molar-refractivity contribution is 6.06. The number of nitrogens with zero attached hydrogens (tertiary/aromatic N) is 5. The van der Waals surface area contributed by atoms with Gasteiger partial charge in [0, 0.05) is 13.1 Å². The van der Waals surface area contributed by atoms with Crippen LogP contribution in [0.4, 0.5) is 11.5 Å². The Morgan fingerprint density at radius 3 is 2.50 bits per heavy atom. The van der Waals surface area contributed by atoms with E-state index in [2.05, 4.69) is 15.2 Å². The van der Waals surface area contributed by atoms with Gasteiger partial charge in [0.2, 0.25) is 0 Å². The quantitative estimate of drug-likeness (QED) is 0.523. The van der Waals surface area contributed by atoms with E-state index < -0.39 is 17.2 Å². The van der Waals surface area contributed by atoms with Crippen LogP contribution in [0, 0.1) is 26.7 Å². The third-order valence-electron chi connectivity index (χ3n) is 5.56. The number of aryl methyl sites for hydroxylation is 3. The maximum atomic E-state index is 13.7. The molecule has 0 saturated carbocycles. The van der Waals surface area contributed by atoms with Gasteiger partial charge in [0.05, 0.1) is 11.4 Å². The van der Waals surface area contributed by atoms with Crippen LogP contribution in [0.2, 0.25) is 0 Å². The monoisotopic (exact) mass is 467 g/mol. The number of nitrogen functional groups attached to an aromatic ring is 1. The van der Waals surface area contributed by atoms with Gasteiger partial charge in [0.25, 0.3) is 11.5 Å². The lowest BCUT2D eigenvalue weighted by Crippen LogP contribution is -2.42. The second-order valence-electron chi connectivity index (χ2n) is 9.02. The van der Waals surface area contributed by atoms with Gasteiger partial charge in [-0.2, -0.15) is 9.90 Å². The molecule has 3 rings (SSSR count). The van der Waals surface area contributed by atoms with Crippen LogP contribution in [0.5, 0.6) is 0 Å². The average molecular weight is 468 g/mol.